The number of benzene rings is 2. The molecule has 0 unspecified atom stereocenters. The van der Waals surface area contributed by atoms with E-state index in [4.69, 9.17) is 0 Å². The predicted octanol–water partition coefficient (Wildman–Crippen LogP) is 3.87. The highest BCUT2D eigenvalue weighted by Crippen LogP contribution is 2.23. The van der Waals surface area contributed by atoms with Crippen LogP contribution in [-0.4, -0.2) is 14.5 Å². The number of pyridine rings is 1. The maximum atomic E-state index is 4.62. The molecule has 4 heteroatoms. The van der Waals surface area contributed by atoms with E-state index in [2.05, 4.69) is 38.1 Å². The Bertz CT molecular complexity index is 940. The standard InChI is InChI=1S/C17H14N4/c1-21-16-7-3-2-6-15(16)20-17(21)19-13-8-9-14-12(11-13)5-4-10-18-14/h2-11H,1H3,(H,19,20). The number of imidazole rings is 1. The third-order valence-electron chi connectivity index (χ3n) is 3.65. The topological polar surface area (TPSA) is 42.7 Å². The lowest BCUT2D eigenvalue weighted by molar-refractivity contribution is 0.958. The number of rotatable bonds is 2. The first-order valence-corrected chi connectivity index (χ1v) is 6.84. The zero-order valence-electron chi connectivity index (χ0n) is 11.6. The highest BCUT2D eigenvalue weighted by molar-refractivity contribution is 5.84. The highest BCUT2D eigenvalue weighted by Gasteiger charge is 2.07. The van der Waals surface area contributed by atoms with E-state index in [1.165, 1.54) is 0 Å². The van der Waals surface area contributed by atoms with Crippen molar-refractivity contribution in [1.82, 2.24) is 14.5 Å². The Balaban J connectivity index is 1.77. The number of nitrogens with one attached hydrogen (secondary N) is 1. The third kappa shape index (κ3) is 2.01. The molecule has 4 rings (SSSR count). The minimum Gasteiger partial charge on any atom is -0.326 e. The Morgan fingerprint density at radius 1 is 0.952 bits per heavy atom. The van der Waals surface area contributed by atoms with E-state index in [-0.39, 0.29) is 0 Å². The van der Waals surface area contributed by atoms with E-state index in [0.29, 0.717) is 0 Å². The first kappa shape index (κ1) is 11.9. The molecule has 0 aliphatic heterocycles. The Morgan fingerprint density at radius 3 is 2.76 bits per heavy atom. The molecule has 2 aromatic heterocycles. The van der Waals surface area contributed by atoms with E-state index < -0.39 is 0 Å². The predicted molar refractivity (Wildman–Crippen MR) is 85.7 cm³/mol. The minimum atomic E-state index is 0.833. The number of fused-ring (bicyclic) bond motifs is 2. The van der Waals surface area contributed by atoms with Crippen LogP contribution in [0, 0.1) is 0 Å². The summed E-state index contributed by atoms with van der Waals surface area (Å²) in [4.78, 5) is 8.96. The smallest absolute Gasteiger partial charge is 0.208 e. The first-order valence-electron chi connectivity index (χ1n) is 6.84. The van der Waals surface area contributed by atoms with Crippen LogP contribution in [0.1, 0.15) is 0 Å². The zero-order valence-corrected chi connectivity index (χ0v) is 11.6. The van der Waals surface area contributed by atoms with Gasteiger partial charge in [-0.2, -0.15) is 0 Å². The molecule has 0 atom stereocenters. The second-order valence-corrected chi connectivity index (χ2v) is 5.02. The minimum absolute atomic E-state index is 0.833. The van der Waals surface area contributed by atoms with Crippen molar-refractivity contribution in [3.8, 4) is 0 Å². The molecule has 0 bridgehead atoms. The van der Waals surface area contributed by atoms with Gasteiger partial charge in [-0.15, -0.1) is 0 Å². The molecule has 0 amide bonds. The molecule has 0 aliphatic rings. The van der Waals surface area contributed by atoms with E-state index in [1.54, 1.807) is 6.20 Å². The largest absolute Gasteiger partial charge is 0.326 e. The molecule has 4 nitrogen and oxygen atoms in total. The van der Waals surface area contributed by atoms with E-state index in [0.717, 1.165) is 33.6 Å². The molecule has 0 saturated heterocycles. The quantitative estimate of drug-likeness (QED) is 0.603. The van der Waals surface area contributed by atoms with Crippen LogP contribution < -0.4 is 5.32 Å². The molecule has 0 aliphatic carbocycles. The number of nitrogens with zero attached hydrogens (tertiary/aromatic N) is 3. The molecule has 102 valence electrons. The van der Waals surface area contributed by atoms with Gasteiger partial charge < -0.3 is 9.88 Å². The molecule has 0 saturated carbocycles. The van der Waals surface area contributed by atoms with Crippen LogP contribution in [0.5, 0.6) is 0 Å². The van der Waals surface area contributed by atoms with Gasteiger partial charge in [0.15, 0.2) is 0 Å². The van der Waals surface area contributed by atoms with Crippen LogP contribution in [0.2, 0.25) is 0 Å². The summed E-state index contributed by atoms with van der Waals surface area (Å²) >= 11 is 0. The molecular formula is C17H14N4. The molecule has 4 aromatic rings. The second kappa shape index (κ2) is 4.59. The molecule has 1 N–H and O–H groups in total. The monoisotopic (exact) mass is 274 g/mol. The number of para-hydroxylation sites is 2. The lowest BCUT2D eigenvalue weighted by Gasteiger charge is -2.07. The highest BCUT2D eigenvalue weighted by atomic mass is 15.2. The summed E-state index contributed by atoms with van der Waals surface area (Å²) in [5, 5.41) is 4.49. The Morgan fingerprint density at radius 2 is 1.86 bits per heavy atom. The lowest BCUT2D eigenvalue weighted by Crippen LogP contribution is -1.98. The third-order valence-corrected chi connectivity index (χ3v) is 3.65. The average molecular weight is 274 g/mol. The van der Waals surface area contributed by atoms with Crippen molar-refractivity contribution in [3.05, 3.63) is 60.8 Å². The van der Waals surface area contributed by atoms with Gasteiger partial charge in [-0.25, -0.2) is 4.98 Å². The van der Waals surface area contributed by atoms with Crippen LogP contribution >= 0.6 is 0 Å². The normalized spacial score (nSPS) is 11.1. The molecule has 0 radical (unpaired) electrons. The summed E-state index contributed by atoms with van der Waals surface area (Å²) in [7, 11) is 2.01. The van der Waals surface area contributed by atoms with E-state index in [9.17, 15) is 0 Å². The summed E-state index contributed by atoms with van der Waals surface area (Å²) in [6.45, 7) is 0. The molecule has 21 heavy (non-hydrogen) atoms. The van der Waals surface area contributed by atoms with Crippen LogP contribution in [0.25, 0.3) is 21.9 Å². The zero-order chi connectivity index (χ0) is 14.2. The number of hydrogen-bond acceptors (Lipinski definition) is 3. The number of hydrogen-bond donors (Lipinski definition) is 1. The van der Waals surface area contributed by atoms with Gasteiger partial charge in [-0.1, -0.05) is 18.2 Å². The van der Waals surface area contributed by atoms with Crippen molar-refractivity contribution in [3.63, 3.8) is 0 Å². The van der Waals surface area contributed by atoms with Gasteiger partial charge in [0.2, 0.25) is 5.95 Å². The van der Waals surface area contributed by atoms with Gasteiger partial charge in [-0.05, 0) is 36.4 Å². The second-order valence-electron chi connectivity index (χ2n) is 5.02. The summed E-state index contributed by atoms with van der Waals surface area (Å²) in [6.07, 6.45) is 1.81. The molecule has 2 heterocycles. The van der Waals surface area contributed by atoms with Crippen LogP contribution in [-0.2, 0) is 7.05 Å². The molecule has 0 fully saturated rings. The summed E-state index contributed by atoms with van der Waals surface area (Å²) in [6, 6.07) is 18.2. The van der Waals surface area contributed by atoms with Crippen molar-refractivity contribution in [2.75, 3.05) is 5.32 Å². The fourth-order valence-electron chi connectivity index (χ4n) is 2.54. The number of aryl methyl sites for hydroxylation is 1. The van der Waals surface area contributed by atoms with Crippen molar-refractivity contribution in [2.24, 2.45) is 7.05 Å². The van der Waals surface area contributed by atoms with E-state index >= 15 is 0 Å². The molecule has 0 spiro atoms. The van der Waals surface area contributed by atoms with Gasteiger partial charge in [0.05, 0.1) is 16.6 Å². The van der Waals surface area contributed by atoms with Gasteiger partial charge in [-0.3, -0.25) is 4.98 Å². The summed E-state index contributed by atoms with van der Waals surface area (Å²) in [5.74, 6) is 0.833. The Hall–Kier alpha value is -2.88. The SMILES string of the molecule is Cn1c(Nc2ccc3ncccc3c2)nc2ccccc21. The van der Waals surface area contributed by atoms with Gasteiger partial charge in [0.1, 0.15) is 0 Å². The number of anilines is 2. The molecule has 2 aromatic carbocycles. The van der Waals surface area contributed by atoms with Crippen LogP contribution in [0.15, 0.2) is 60.8 Å². The number of aromatic nitrogens is 3. The first-order chi connectivity index (χ1) is 10.3. The molecular weight excluding hydrogens is 260 g/mol. The maximum absolute atomic E-state index is 4.62. The van der Waals surface area contributed by atoms with Gasteiger partial charge in [0.25, 0.3) is 0 Å². The van der Waals surface area contributed by atoms with Gasteiger partial charge >= 0.3 is 0 Å². The Kier molecular flexibility index (Phi) is 2.60. The lowest BCUT2D eigenvalue weighted by atomic mass is 10.2. The Labute approximate surface area is 122 Å². The van der Waals surface area contributed by atoms with Crippen molar-refractivity contribution < 1.29 is 0 Å². The fourth-order valence-corrected chi connectivity index (χ4v) is 2.54. The van der Waals surface area contributed by atoms with Crippen molar-refractivity contribution in [1.29, 1.82) is 0 Å². The van der Waals surface area contributed by atoms with Crippen molar-refractivity contribution in [2.45, 2.75) is 0 Å². The van der Waals surface area contributed by atoms with E-state index in [1.807, 2.05) is 43.4 Å². The van der Waals surface area contributed by atoms with Crippen LogP contribution in [0.4, 0.5) is 11.6 Å². The van der Waals surface area contributed by atoms with Crippen LogP contribution in [0.3, 0.4) is 0 Å². The fraction of sp³-hybridized carbons (Fsp3) is 0.0588. The van der Waals surface area contributed by atoms with Crippen molar-refractivity contribution >= 4 is 33.6 Å². The maximum Gasteiger partial charge on any atom is 0.208 e. The summed E-state index contributed by atoms with van der Waals surface area (Å²) in [5.41, 5.74) is 4.11. The average Bonchev–Trinajstić information content (AvgIpc) is 2.84. The summed E-state index contributed by atoms with van der Waals surface area (Å²) < 4.78 is 2.06. The van der Waals surface area contributed by atoms with Gasteiger partial charge in [0, 0.05) is 24.3 Å².